The first-order valence-corrected chi connectivity index (χ1v) is 7.55. The zero-order chi connectivity index (χ0) is 12.5. The molecule has 1 heteroatoms. The van der Waals surface area contributed by atoms with Crippen molar-refractivity contribution >= 4 is 0 Å². The van der Waals surface area contributed by atoms with E-state index in [2.05, 4.69) is 49.1 Å². The molecule has 4 atom stereocenters. The molecule has 3 aliphatic rings. The summed E-state index contributed by atoms with van der Waals surface area (Å²) in [5.41, 5.74) is 1.34. The highest BCUT2D eigenvalue weighted by molar-refractivity contribution is 5.23. The second kappa shape index (κ2) is 5.05. The van der Waals surface area contributed by atoms with Crippen LogP contribution in [0.5, 0.6) is 0 Å². The van der Waals surface area contributed by atoms with Crippen molar-refractivity contribution < 1.29 is 0 Å². The highest BCUT2D eigenvalue weighted by atomic mass is 15.2. The standard InChI is InChI=1S/C17H25N/c1-3-13(2)8-4-5-9-16-14-12-15(14)17-10-6-7-11-18(16)17/h3-5,8-9,14-17H,6-7,10-12H2,1-2H3/b8-4+,9-5+,13-3+/t14-,15+,16+,17?/m1/s1. The maximum Gasteiger partial charge on any atom is 0.0315 e. The lowest BCUT2D eigenvalue weighted by atomic mass is 10.0. The van der Waals surface area contributed by atoms with Gasteiger partial charge < -0.3 is 0 Å². The van der Waals surface area contributed by atoms with Crippen molar-refractivity contribution in [2.24, 2.45) is 11.8 Å². The molecule has 2 saturated heterocycles. The van der Waals surface area contributed by atoms with Crippen LogP contribution in [-0.4, -0.2) is 23.5 Å². The zero-order valence-electron chi connectivity index (χ0n) is 11.7. The first-order chi connectivity index (χ1) is 8.81. The molecule has 2 aliphatic heterocycles. The number of allylic oxidation sites excluding steroid dienone is 5. The molecule has 0 radical (unpaired) electrons. The fraction of sp³-hybridized carbons (Fsp3) is 0.647. The Morgan fingerprint density at radius 1 is 1.17 bits per heavy atom. The lowest BCUT2D eigenvalue weighted by Gasteiger charge is -2.35. The van der Waals surface area contributed by atoms with Crippen molar-refractivity contribution in [3.63, 3.8) is 0 Å². The van der Waals surface area contributed by atoms with Crippen molar-refractivity contribution in [3.05, 3.63) is 36.0 Å². The predicted molar refractivity (Wildman–Crippen MR) is 77.4 cm³/mol. The summed E-state index contributed by atoms with van der Waals surface area (Å²) in [4.78, 5) is 2.79. The highest BCUT2D eigenvalue weighted by Crippen LogP contribution is 2.56. The fourth-order valence-electron chi connectivity index (χ4n) is 3.86. The quantitative estimate of drug-likeness (QED) is 0.679. The Morgan fingerprint density at radius 3 is 2.89 bits per heavy atom. The van der Waals surface area contributed by atoms with Crippen molar-refractivity contribution in [1.29, 1.82) is 0 Å². The lowest BCUT2D eigenvalue weighted by molar-refractivity contribution is 0.139. The number of nitrogens with zero attached hydrogens (tertiary/aromatic N) is 1. The lowest BCUT2D eigenvalue weighted by Crippen LogP contribution is -2.42. The molecule has 1 nitrogen and oxygen atoms in total. The van der Waals surface area contributed by atoms with Gasteiger partial charge in [-0.3, -0.25) is 4.90 Å². The van der Waals surface area contributed by atoms with Gasteiger partial charge in [-0.2, -0.15) is 0 Å². The zero-order valence-corrected chi connectivity index (χ0v) is 11.7. The van der Waals surface area contributed by atoms with E-state index in [0.29, 0.717) is 0 Å². The van der Waals surface area contributed by atoms with Gasteiger partial charge in [-0.05, 0) is 51.5 Å². The van der Waals surface area contributed by atoms with Gasteiger partial charge in [0.1, 0.15) is 0 Å². The molecule has 0 aromatic carbocycles. The molecule has 3 rings (SSSR count). The van der Waals surface area contributed by atoms with Crippen LogP contribution < -0.4 is 0 Å². The van der Waals surface area contributed by atoms with Crippen LogP contribution in [-0.2, 0) is 0 Å². The normalized spacial score (nSPS) is 40.4. The summed E-state index contributed by atoms with van der Waals surface area (Å²) in [5.74, 6) is 2.03. The number of hydrogen-bond donors (Lipinski definition) is 0. The summed E-state index contributed by atoms with van der Waals surface area (Å²) in [6.07, 6.45) is 17.1. The van der Waals surface area contributed by atoms with Crippen molar-refractivity contribution in [2.45, 2.75) is 51.6 Å². The Hall–Kier alpha value is -0.820. The molecule has 1 unspecified atom stereocenters. The van der Waals surface area contributed by atoms with Gasteiger partial charge in [0.25, 0.3) is 0 Å². The number of fused-ring (bicyclic) bond motifs is 3. The van der Waals surface area contributed by atoms with Gasteiger partial charge in [0.15, 0.2) is 0 Å². The van der Waals surface area contributed by atoms with Gasteiger partial charge in [-0.15, -0.1) is 0 Å². The van der Waals surface area contributed by atoms with E-state index in [1.165, 1.54) is 37.8 Å². The molecule has 0 aromatic heterocycles. The Morgan fingerprint density at radius 2 is 2.06 bits per heavy atom. The van der Waals surface area contributed by atoms with E-state index in [9.17, 15) is 0 Å². The van der Waals surface area contributed by atoms with Gasteiger partial charge in [0.2, 0.25) is 0 Å². The molecule has 0 aromatic rings. The summed E-state index contributed by atoms with van der Waals surface area (Å²) in [6.45, 7) is 5.58. The van der Waals surface area contributed by atoms with Crippen LogP contribution >= 0.6 is 0 Å². The van der Waals surface area contributed by atoms with Gasteiger partial charge in [0, 0.05) is 12.1 Å². The van der Waals surface area contributed by atoms with Crippen molar-refractivity contribution in [1.82, 2.24) is 4.90 Å². The van der Waals surface area contributed by atoms with Gasteiger partial charge in [-0.1, -0.05) is 42.4 Å². The van der Waals surface area contributed by atoms with Crippen LogP contribution in [0, 0.1) is 11.8 Å². The molecule has 1 aliphatic carbocycles. The highest BCUT2D eigenvalue weighted by Gasteiger charge is 2.57. The van der Waals surface area contributed by atoms with Crippen LogP contribution in [0.3, 0.4) is 0 Å². The van der Waals surface area contributed by atoms with E-state index in [4.69, 9.17) is 0 Å². The second-order valence-corrected chi connectivity index (χ2v) is 6.13. The van der Waals surface area contributed by atoms with Gasteiger partial charge in [-0.25, -0.2) is 0 Å². The third-order valence-corrected chi connectivity index (χ3v) is 5.03. The minimum Gasteiger partial charge on any atom is -0.293 e. The van der Waals surface area contributed by atoms with Crippen LogP contribution in [0.4, 0.5) is 0 Å². The minimum atomic E-state index is 0.746. The number of piperidine rings is 2. The maximum atomic E-state index is 2.79. The van der Waals surface area contributed by atoms with Crippen LogP contribution in [0.1, 0.15) is 39.5 Å². The molecule has 3 fully saturated rings. The first kappa shape index (κ1) is 12.2. The smallest absolute Gasteiger partial charge is 0.0315 e. The fourth-order valence-corrected chi connectivity index (χ4v) is 3.86. The molecular weight excluding hydrogens is 218 g/mol. The summed E-state index contributed by atoms with van der Waals surface area (Å²) in [6, 6.07) is 1.68. The Labute approximate surface area is 111 Å². The van der Waals surface area contributed by atoms with Gasteiger partial charge >= 0.3 is 0 Å². The Kier molecular flexibility index (Phi) is 3.43. The minimum absolute atomic E-state index is 0.746. The topological polar surface area (TPSA) is 3.24 Å². The van der Waals surface area contributed by atoms with E-state index in [0.717, 1.165) is 23.9 Å². The van der Waals surface area contributed by atoms with Gasteiger partial charge in [0.05, 0.1) is 0 Å². The van der Waals surface area contributed by atoms with Crippen molar-refractivity contribution in [3.8, 4) is 0 Å². The number of rotatable bonds is 3. The van der Waals surface area contributed by atoms with E-state index >= 15 is 0 Å². The molecule has 0 amide bonds. The molecule has 0 spiro atoms. The first-order valence-electron chi connectivity index (χ1n) is 7.55. The third-order valence-electron chi connectivity index (χ3n) is 5.03. The summed E-state index contributed by atoms with van der Waals surface area (Å²) >= 11 is 0. The SMILES string of the molecule is C/C=C(C)/C=C/C=C/[C@H]1[C@@H]2C[C@@H]2C2CCCCN21. The van der Waals surface area contributed by atoms with Crippen molar-refractivity contribution in [2.75, 3.05) is 6.54 Å². The number of hydrogen-bond acceptors (Lipinski definition) is 1. The van der Waals surface area contributed by atoms with Crippen LogP contribution in [0.15, 0.2) is 36.0 Å². The molecule has 0 N–H and O–H groups in total. The average Bonchev–Trinajstić information content (AvgIpc) is 3.13. The molecule has 98 valence electrons. The molecule has 0 bridgehead atoms. The average molecular weight is 243 g/mol. The Balaban J connectivity index is 1.63. The van der Waals surface area contributed by atoms with Crippen LogP contribution in [0.2, 0.25) is 0 Å². The van der Waals surface area contributed by atoms with E-state index in [1.807, 2.05) is 0 Å². The van der Waals surface area contributed by atoms with Crippen LogP contribution in [0.25, 0.3) is 0 Å². The molecular formula is C17H25N. The van der Waals surface area contributed by atoms with E-state index in [-0.39, 0.29) is 0 Å². The summed E-state index contributed by atoms with van der Waals surface area (Å²) < 4.78 is 0. The summed E-state index contributed by atoms with van der Waals surface area (Å²) in [5, 5.41) is 0. The largest absolute Gasteiger partial charge is 0.293 e. The molecule has 1 saturated carbocycles. The second-order valence-electron chi connectivity index (χ2n) is 6.13. The molecule has 18 heavy (non-hydrogen) atoms. The Bertz CT molecular complexity index is 390. The third kappa shape index (κ3) is 2.21. The maximum absolute atomic E-state index is 2.79. The summed E-state index contributed by atoms with van der Waals surface area (Å²) in [7, 11) is 0. The van der Waals surface area contributed by atoms with E-state index in [1.54, 1.807) is 0 Å². The monoisotopic (exact) mass is 243 g/mol. The molecule has 2 heterocycles. The predicted octanol–water partition coefficient (Wildman–Crippen LogP) is 3.94. The van der Waals surface area contributed by atoms with E-state index < -0.39 is 0 Å².